The molecule has 0 radical (unpaired) electrons. The van der Waals surface area contributed by atoms with Gasteiger partial charge in [0, 0.05) is 46.7 Å². The number of esters is 1. The van der Waals surface area contributed by atoms with Gasteiger partial charge in [-0.05, 0) is 38.5 Å². The van der Waals surface area contributed by atoms with Gasteiger partial charge in [-0.2, -0.15) is 27.0 Å². The van der Waals surface area contributed by atoms with Gasteiger partial charge in [-0.3, -0.25) is 38.0 Å². The Morgan fingerprint density at radius 3 is 1.61 bits per heavy atom. The number of piperidine rings is 3. The van der Waals surface area contributed by atoms with Gasteiger partial charge in [0.2, 0.25) is 5.91 Å². The highest BCUT2D eigenvalue weighted by atomic mass is 32.3. The molecule has 7 amide bonds. The summed E-state index contributed by atoms with van der Waals surface area (Å²) >= 11 is 0. The number of ether oxygens (including phenoxy) is 1. The highest BCUT2D eigenvalue weighted by Crippen LogP contribution is 2.32. The minimum absolute atomic E-state index is 0.0199. The molecular weight excluding hydrogens is 798 g/mol. The maximum absolute atomic E-state index is 12.5. The van der Waals surface area contributed by atoms with Crippen molar-refractivity contribution < 1.29 is 77.7 Å². The third-order valence-corrected chi connectivity index (χ3v) is 10.6. The Labute approximate surface area is 321 Å². The average Bonchev–Trinajstić information content (AvgIpc) is 3.78. The van der Waals surface area contributed by atoms with Crippen molar-refractivity contribution in [3.8, 4) is 0 Å². The van der Waals surface area contributed by atoms with E-state index in [2.05, 4.69) is 34.9 Å². The second kappa shape index (κ2) is 17.6. The lowest BCUT2D eigenvalue weighted by Crippen LogP contribution is -2.53. The standard InChI is InChI=1S/C15H25N5O8S.C13H20N4O9S/c1-18(2)14(22)11-5-4-10(7-16-11)27-17-13(21)12-6-3-9-8-19(12)15(23)20(9)28-29(24,25)26;1-24-12(19)9-4-8(5-14-9)25-15-11(18)10-3-2-7-6-16(10)13(20)17(7)26-27(21,22)23/h9-12,16H,3-8H2,1-2H3,(H,17,21)(H,24,25,26);7-10,14H,2-6H2,1H3,(H,15,18)(H,21,22,23)/t9-,10?,11?,12+;7-,8?,9?,10+/m11/s1. The minimum Gasteiger partial charge on any atom is -0.468 e. The Morgan fingerprint density at radius 2 is 1.18 bits per heavy atom. The Balaban J connectivity index is 0.000000215. The van der Waals surface area contributed by atoms with Crippen molar-refractivity contribution in [2.45, 2.75) is 93.4 Å². The summed E-state index contributed by atoms with van der Waals surface area (Å²) in [5, 5.41) is 7.12. The lowest BCUT2D eigenvalue weighted by atomic mass is 10.0. The fourth-order valence-corrected chi connectivity index (χ4v) is 7.97. The van der Waals surface area contributed by atoms with Gasteiger partial charge >= 0.3 is 38.8 Å². The van der Waals surface area contributed by atoms with Gasteiger partial charge in [-0.25, -0.2) is 20.5 Å². The number of rotatable bonds is 12. The highest BCUT2D eigenvalue weighted by Gasteiger charge is 2.51. The molecule has 4 unspecified atom stereocenters. The van der Waals surface area contributed by atoms with Crippen molar-refractivity contribution >= 4 is 56.6 Å². The predicted molar refractivity (Wildman–Crippen MR) is 181 cm³/mol. The summed E-state index contributed by atoms with van der Waals surface area (Å²) in [7, 11) is -5.04. The molecule has 6 rings (SSSR count). The Morgan fingerprint density at radius 1 is 0.714 bits per heavy atom. The zero-order valence-electron chi connectivity index (χ0n) is 30.5. The summed E-state index contributed by atoms with van der Waals surface area (Å²) in [6.07, 6.45) is 1.89. The first-order valence-corrected chi connectivity index (χ1v) is 20.2. The minimum atomic E-state index is -4.84. The van der Waals surface area contributed by atoms with E-state index in [0.29, 0.717) is 61.7 Å². The van der Waals surface area contributed by atoms with Crippen molar-refractivity contribution in [3.05, 3.63) is 0 Å². The number of methoxy groups -OCH3 is 1. The highest BCUT2D eigenvalue weighted by molar-refractivity contribution is 7.81. The second-order valence-electron chi connectivity index (χ2n) is 13.9. The molecule has 0 aromatic rings. The van der Waals surface area contributed by atoms with Crippen molar-refractivity contribution in [2.24, 2.45) is 0 Å². The number of likely N-dealkylation sites (N-methyl/N-ethyl adjacent to an activating group) is 1. The summed E-state index contributed by atoms with van der Waals surface area (Å²) in [6.45, 7) is 0.912. The monoisotopic (exact) mass is 843 g/mol. The van der Waals surface area contributed by atoms with Gasteiger partial charge in [-0.15, -0.1) is 8.57 Å². The first kappa shape index (κ1) is 43.1. The average molecular weight is 844 g/mol. The van der Waals surface area contributed by atoms with Crippen LogP contribution in [0.15, 0.2) is 0 Å². The predicted octanol–water partition coefficient (Wildman–Crippen LogP) is -3.81. The molecule has 6 N–H and O–H groups in total. The van der Waals surface area contributed by atoms with Crippen molar-refractivity contribution in [2.75, 3.05) is 47.4 Å². The van der Waals surface area contributed by atoms with E-state index in [4.69, 9.17) is 18.8 Å². The molecule has 8 atom stereocenters. The van der Waals surface area contributed by atoms with E-state index in [1.54, 1.807) is 14.1 Å². The molecule has 0 saturated carbocycles. The topological polar surface area (TPSA) is 322 Å². The van der Waals surface area contributed by atoms with E-state index >= 15 is 0 Å². The van der Waals surface area contributed by atoms with E-state index in [1.807, 2.05) is 0 Å². The fraction of sp³-hybridized carbons (Fsp3) is 0.786. The molecule has 28 heteroatoms. The van der Waals surface area contributed by atoms with Crippen LogP contribution in [0.2, 0.25) is 0 Å². The molecule has 6 fully saturated rings. The van der Waals surface area contributed by atoms with E-state index in [-0.39, 0.29) is 37.6 Å². The number of carbonyl (C=O) groups excluding carboxylic acids is 6. The van der Waals surface area contributed by atoms with Crippen LogP contribution in [-0.4, -0.2) is 182 Å². The number of hydroxylamine groups is 6. The Hall–Kier alpha value is -4.00. The normalized spacial score (nSPS) is 30.1. The van der Waals surface area contributed by atoms with Crippen LogP contribution in [0.3, 0.4) is 0 Å². The number of urea groups is 2. The van der Waals surface area contributed by atoms with Crippen LogP contribution in [0.4, 0.5) is 9.59 Å². The van der Waals surface area contributed by atoms with E-state index in [9.17, 15) is 45.6 Å². The van der Waals surface area contributed by atoms with E-state index < -0.39 is 87.0 Å². The maximum atomic E-state index is 12.5. The van der Waals surface area contributed by atoms with Crippen LogP contribution in [0.5, 0.6) is 0 Å². The second-order valence-corrected chi connectivity index (χ2v) is 15.9. The van der Waals surface area contributed by atoms with E-state index in [1.165, 1.54) is 16.9 Å². The van der Waals surface area contributed by atoms with Crippen LogP contribution in [0.25, 0.3) is 0 Å². The molecule has 6 aliphatic rings. The van der Waals surface area contributed by atoms with Crippen LogP contribution in [0, 0.1) is 0 Å². The van der Waals surface area contributed by atoms with Crippen LogP contribution < -0.4 is 21.6 Å². The van der Waals surface area contributed by atoms with Gasteiger partial charge in [-0.1, -0.05) is 0 Å². The number of amides is 7. The van der Waals surface area contributed by atoms with Crippen molar-refractivity contribution in [1.82, 2.24) is 46.4 Å². The summed E-state index contributed by atoms with van der Waals surface area (Å²) in [6, 6.07) is -5.29. The molecule has 26 nitrogen and oxygen atoms in total. The summed E-state index contributed by atoms with van der Waals surface area (Å²) in [5.74, 6) is -1.55. The van der Waals surface area contributed by atoms with Crippen LogP contribution in [0.1, 0.15) is 44.9 Å². The third kappa shape index (κ3) is 10.5. The first-order chi connectivity index (χ1) is 26.3. The largest absolute Gasteiger partial charge is 0.468 e. The Kier molecular flexibility index (Phi) is 13.6. The molecule has 4 bridgehead atoms. The maximum Gasteiger partial charge on any atom is 0.418 e. The van der Waals surface area contributed by atoms with Crippen LogP contribution >= 0.6 is 0 Å². The van der Waals surface area contributed by atoms with Gasteiger partial charge in [0.1, 0.15) is 18.1 Å². The molecule has 0 aliphatic carbocycles. The van der Waals surface area contributed by atoms with Gasteiger partial charge in [0.15, 0.2) is 0 Å². The molecule has 6 heterocycles. The van der Waals surface area contributed by atoms with Gasteiger partial charge in [0.25, 0.3) is 11.8 Å². The molecule has 6 aliphatic heterocycles. The zero-order valence-corrected chi connectivity index (χ0v) is 32.1. The summed E-state index contributed by atoms with van der Waals surface area (Å²) in [5.41, 5.74) is 4.65. The van der Waals surface area contributed by atoms with Crippen molar-refractivity contribution in [1.29, 1.82) is 0 Å². The number of carbonyl (C=O) groups is 6. The molecule has 6 saturated heterocycles. The molecule has 56 heavy (non-hydrogen) atoms. The van der Waals surface area contributed by atoms with Gasteiger partial charge < -0.3 is 30.1 Å². The molecule has 316 valence electrons. The molecular formula is C28H45N9O17S2. The lowest BCUT2D eigenvalue weighted by molar-refractivity contribution is -0.146. The lowest BCUT2D eigenvalue weighted by Gasteiger charge is -2.32. The van der Waals surface area contributed by atoms with E-state index in [0.717, 1.165) is 4.90 Å². The fourth-order valence-electron chi connectivity index (χ4n) is 7.20. The quantitative estimate of drug-likeness (QED) is 0.0623. The smallest absolute Gasteiger partial charge is 0.418 e. The number of nitrogens with one attached hydrogen (secondary N) is 4. The number of hydrogen-bond donors (Lipinski definition) is 6. The SMILES string of the molecule is CN(C)C(=O)C1CCC(ONC(=O)[C@@H]2CC[C@@H]3CN2C(=O)N3OS(=O)(=O)O)CN1.COC(=O)C1CC(ONC(=O)[C@@H]2CC[C@@H]3CN2C(=O)N3OS(=O)(=O)O)CN1. The van der Waals surface area contributed by atoms with Gasteiger partial charge in [0.05, 0.1) is 37.4 Å². The summed E-state index contributed by atoms with van der Waals surface area (Å²) in [4.78, 5) is 87.4. The number of hydrogen-bond acceptors (Lipinski definition) is 17. The molecule has 0 aromatic heterocycles. The van der Waals surface area contributed by atoms with Crippen LogP contribution in [-0.2, 0) is 63.0 Å². The first-order valence-electron chi connectivity index (χ1n) is 17.5. The summed E-state index contributed by atoms with van der Waals surface area (Å²) < 4.78 is 74.4. The van der Waals surface area contributed by atoms with Crippen molar-refractivity contribution in [3.63, 3.8) is 0 Å². The molecule has 0 spiro atoms. The Bertz CT molecular complexity index is 1750. The third-order valence-electron chi connectivity index (χ3n) is 9.94. The number of nitrogens with zero attached hydrogens (tertiary/aromatic N) is 5. The zero-order chi connectivity index (χ0) is 41.1. The number of fused-ring (bicyclic) bond motifs is 4. The molecule has 0 aromatic carbocycles.